The molecule has 0 aliphatic rings. The van der Waals surface area contributed by atoms with Crippen molar-refractivity contribution in [1.82, 2.24) is 0 Å². The number of para-hydroxylation sites is 1. The van der Waals surface area contributed by atoms with Crippen LogP contribution in [-0.4, -0.2) is 30.8 Å². The summed E-state index contributed by atoms with van der Waals surface area (Å²) in [7, 11) is 1.30. The summed E-state index contributed by atoms with van der Waals surface area (Å²) < 4.78 is 10.1. The van der Waals surface area contributed by atoms with Gasteiger partial charge in [0.1, 0.15) is 17.9 Å². The van der Waals surface area contributed by atoms with Crippen LogP contribution in [0.4, 0.5) is 0 Å². The van der Waals surface area contributed by atoms with Crippen LogP contribution in [-0.2, 0) is 9.53 Å². The predicted octanol–water partition coefficient (Wildman–Crippen LogP) is 1.96. The molecule has 5 heteroatoms. The summed E-state index contributed by atoms with van der Waals surface area (Å²) in [6.45, 7) is 3.38. The van der Waals surface area contributed by atoms with Gasteiger partial charge in [-0.05, 0) is 26.0 Å². The van der Waals surface area contributed by atoms with Gasteiger partial charge in [-0.25, -0.2) is 4.79 Å². The van der Waals surface area contributed by atoms with Crippen LogP contribution in [0.3, 0.4) is 0 Å². The number of carbonyl (C=O) groups is 2. The van der Waals surface area contributed by atoms with E-state index in [9.17, 15) is 9.59 Å². The highest BCUT2D eigenvalue weighted by Crippen LogP contribution is 2.23. The average molecular weight is 252 g/mol. The molecule has 98 valence electrons. The number of carboxylic acid groups (broad SMARTS) is 1. The molecule has 0 heterocycles. The molecule has 0 aliphatic heterocycles. The first-order chi connectivity index (χ1) is 8.38. The van der Waals surface area contributed by atoms with Gasteiger partial charge < -0.3 is 14.6 Å². The van der Waals surface area contributed by atoms with E-state index in [1.807, 2.05) is 0 Å². The molecule has 0 unspecified atom stereocenters. The third-order valence-electron chi connectivity index (χ3n) is 2.44. The fraction of sp³-hybridized carbons (Fsp3) is 0.385. The minimum atomic E-state index is -1.07. The highest BCUT2D eigenvalue weighted by molar-refractivity contribution is 5.90. The SMILES string of the molecule is COC(=O)C(C)(C)COc1ccccc1C(=O)O. The number of ether oxygens (including phenoxy) is 2. The number of hydrogen-bond donors (Lipinski definition) is 1. The molecule has 1 aromatic carbocycles. The van der Waals surface area contributed by atoms with Gasteiger partial charge in [-0.1, -0.05) is 12.1 Å². The molecular formula is C13H16O5. The van der Waals surface area contributed by atoms with Crippen molar-refractivity contribution in [3.8, 4) is 5.75 Å². The normalized spacial score (nSPS) is 10.8. The molecule has 0 atom stereocenters. The molecule has 0 radical (unpaired) electrons. The van der Waals surface area contributed by atoms with Crippen molar-refractivity contribution in [2.45, 2.75) is 13.8 Å². The minimum Gasteiger partial charge on any atom is -0.492 e. The number of methoxy groups -OCH3 is 1. The lowest BCUT2D eigenvalue weighted by molar-refractivity contribution is -0.152. The maximum atomic E-state index is 11.5. The van der Waals surface area contributed by atoms with Crippen LogP contribution in [0.5, 0.6) is 5.75 Å². The summed E-state index contributed by atoms with van der Waals surface area (Å²) >= 11 is 0. The minimum absolute atomic E-state index is 0.0456. The number of carboxylic acids is 1. The van der Waals surface area contributed by atoms with Crippen LogP contribution >= 0.6 is 0 Å². The second-order valence-electron chi connectivity index (χ2n) is 4.47. The maximum absolute atomic E-state index is 11.5. The number of carbonyl (C=O) groups excluding carboxylic acids is 1. The number of esters is 1. The van der Waals surface area contributed by atoms with E-state index in [-0.39, 0.29) is 17.9 Å². The average Bonchev–Trinajstić information content (AvgIpc) is 2.35. The van der Waals surface area contributed by atoms with E-state index in [0.717, 1.165) is 0 Å². The standard InChI is InChI=1S/C13H16O5/c1-13(2,12(16)17-3)8-18-10-7-5-4-6-9(10)11(14)15/h4-7H,8H2,1-3H3,(H,14,15). The zero-order valence-electron chi connectivity index (χ0n) is 10.6. The van der Waals surface area contributed by atoms with Crippen LogP contribution in [0.1, 0.15) is 24.2 Å². The van der Waals surface area contributed by atoms with Gasteiger partial charge in [0.15, 0.2) is 0 Å². The largest absolute Gasteiger partial charge is 0.492 e. The fourth-order valence-corrected chi connectivity index (χ4v) is 1.36. The van der Waals surface area contributed by atoms with Crippen molar-refractivity contribution in [1.29, 1.82) is 0 Å². The third kappa shape index (κ3) is 3.23. The van der Waals surface area contributed by atoms with Gasteiger partial charge >= 0.3 is 11.9 Å². The van der Waals surface area contributed by atoms with E-state index in [1.54, 1.807) is 32.0 Å². The lowest BCUT2D eigenvalue weighted by atomic mass is 9.95. The third-order valence-corrected chi connectivity index (χ3v) is 2.44. The number of hydrogen-bond acceptors (Lipinski definition) is 4. The highest BCUT2D eigenvalue weighted by atomic mass is 16.5. The summed E-state index contributed by atoms with van der Waals surface area (Å²) in [5.41, 5.74) is -0.765. The van der Waals surface area contributed by atoms with Gasteiger partial charge in [-0.15, -0.1) is 0 Å². The molecule has 1 aromatic rings. The molecule has 1 rings (SSSR count). The summed E-state index contributed by atoms with van der Waals surface area (Å²) in [6, 6.07) is 6.29. The lowest BCUT2D eigenvalue weighted by Gasteiger charge is -2.22. The zero-order valence-corrected chi connectivity index (χ0v) is 10.6. The molecule has 18 heavy (non-hydrogen) atoms. The van der Waals surface area contributed by atoms with E-state index < -0.39 is 17.4 Å². The van der Waals surface area contributed by atoms with Gasteiger partial charge in [0.2, 0.25) is 0 Å². The highest BCUT2D eigenvalue weighted by Gasteiger charge is 2.30. The van der Waals surface area contributed by atoms with E-state index in [2.05, 4.69) is 4.74 Å². The Morgan fingerprint density at radius 1 is 1.28 bits per heavy atom. The second kappa shape index (κ2) is 5.53. The Bertz CT molecular complexity index is 450. The summed E-state index contributed by atoms with van der Waals surface area (Å²) in [5.74, 6) is -1.24. The van der Waals surface area contributed by atoms with Crippen LogP contribution in [0, 0.1) is 5.41 Å². The van der Waals surface area contributed by atoms with Crippen molar-refractivity contribution in [2.24, 2.45) is 5.41 Å². The van der Waals surface area contributed by atoms with Crippen LogP contribution in [0.25, 0.3) is 0 Å². The fourth-order valence-electron chi connectivity index (χ4n) is 1.36. The monoisotopic (exact) mass is 252 g/mol. The van der Waals surface area contributed by atoms with Crippen molar-refractivity contribution >= 4 is 11.9 Å². The molecule has 0 saturated carbocycles. The first-order valence-corrected chi connectivity index (χ1v) is 5.42. The van der Waals surface area contributed by atoms with Crippen LogP contribution in [0.15, 0.2) is 24.3 Å². The quantitative estimate of drug-likeness (QED) is 0.811. The summed E-state index contributed by atoms with van der Waals surface area (Å²) in [5, 5.41) is 8.98. The Morgan fingerprint density at radius 3 is 2.44 bits per heavy atom. The Morgan fingerprint density at radius 2 is 1.89 bits per heavy atom. The number of aromatic carboxylic acids is 1. The molecule has 0 saturated heterocycles. The van der Waals surface area contributed by atoms with Crippen molar-refractivity contribution in [2.75, 3.05) is 13.7 Å². The molecule has 0 aromatic heterocycles. The topological polar surface area (TPSA) is 72.8 Å². The van der Waals surface area contributed by atoms with Crippen molar-refractivity contribution in [3.05, 3.63) is 29.8 Å². The predicted molar refractivity (Wildman–Crippen MR) is 64.7 cm³/mol. The van der Waals surface area contributed by atoms with Gasteiger partial charge in [0.05, 0.1) is 12.5 Å². The Hall–Kier alpha value is -2.04. The number of rotatable bonds is 5. The van der Waals surface area contributed by atoms with Crippen molar-refractivity contribution in [3.63, 3.8) is 0 Å². The molecule has 0 bridgehead atoms. The van der Waals surface area contributed by atoms with Crippen LogP contribution < -0.4 is 4.74 Å². The summed E-state index contributed by atoms with van der Waals surface area (Å²) in [4.78, 5) is 22.4. The molecule has 0 aliphatic carbocycles. The Kier molecular flexibility index (Phi) is 4.31. The lowest BCUT2D eigenvalue weighted by Crippen LogP contribution is -2.32. The molecular weight excluding hydrogens is 236 g/mol. The van der Waals surface area contributed by atoms with Gasteiger partial charge in [-0.3, -0.25) is 4.79 Å². The van der Waals surface area contributed by atoms with Crippen molar-refractivity contribution < 1.29 is 24.2 Å². The van der Waals surface area contributed by atoms with E-state index in [4.69, 9.17) is 9.84 Å². The molecule has 1 N–H and O–H groups in total. The Balaban J connectivity index is 2.81. The Labute approximate surface area is 105 Å². The van der Waals surface area contributed by atoms with Crippen LogP contribution in [0.2, 0.25) is 0 Å². The van der Waals surface area contributed by atoms with E-state index in [1.165, 1.54) is 13.2 Å². The van der Waals surface area contributed by atoms with E-state index >= 15 is 0 Å². The first kappa shape index (κ1) is 14.0. The first-order valence-electron chi connectivity index (χ1n) is 5.42. The molecule has 5 nitrogen and oxygen atoms in total. The maximum Gasteiger partial charge on any atom is 0.339 e. The zero-order chi connectivity index (χ0) is 13.8. The smallest absolute Gasteiger partial charge is 0.339 e. The summed E-state index contributed by atoms with van der Waals surface area (Å²) in [6.07, 6.45) is 0. The van der Waals surface area contributed by atoms with E-state index in [0.29, 0.717) is 0 Å². The molecule has 0 amide bonds. The van der Waals surface area contributed by atoms with Gasteiger partial charge in [0.25, 0.3) is 0 Å². The second-order valence-corrected chi connectivity index (χ2v) is 4.47. The molecule has 0 spiro atoms. The number of benzene rings is 1. The van der Waals surface area contributed by atoms with Gasteiger partial charge in [0, 0.05) is 0 Å². The molecule has 0 fully saturated rings. The van der Waals surface area contributed by atoms with Gasteiger partial charge in [-0.2, -0.15) is 0 Å².